The van der Waals surface area contributed by atoms with E-state index in [9.17, 15) is 4.79 Å². The van der Waals surface area contributed by atoms with Crippen LogP contribution in [0.5, 0.6) is 0 Å². The van der Waals surface area contributed by atoms with Gasteiger partial charge in [0.15, 0.2) is 5.78 Å². The van der Waals surface area contributed by atoms with Crippen molar-refractivity contribution >= 4 is 17.5 Å². The molecule has 0 aromatic carbocycles. The summed E-state index contributed by atoms with van der Waals surface area (Å²) in [5, 5.41) is 0. The average Bonchev–Trinajstić information content (AvgIpc) is 2.32. The molecule has 0 aliphatic carbocycles. The van der Waals surface area contributed by atoms with Crippen molar-refractivity contribution in [3.05, 3.63) is 10.5 Å². The molecule has 2 rings (SSSR count). The molecular weight excluding hydrogens is 158 g/mol. The van der Waals surface area contributed by atoms with Gasteiger partial charge in [0.2, 0.25) is 0 Å². The zero-order valence-electron chi connectivity index (χ0n) is 6.59. The van der Waals surface area contributed by atoms with Crippen LogP contribution >= 0.6 is 11.8 Å². The van der Waals surface area contributed by atoms with Crippen LogP contribution in [0.4, 0.5) is 0 Å². The standard InChI is InChI=1S/C8H11NOS/c1-9-3-2-6-7(10)5-11-8(6)4-9/h2-5H2,1H3. The molecule has 0 saturated carbocycles. The lowest BCUT2D eigenvalue weighted by Gasteiger charge is -2.22. The lowest BCUT2D eigenvalue weighted by Crippen LogP contribution is -2.26. The molecule has 0 amide bonds. The van der Waals surface area contributed by atoms with Crippen molar-refractivity contribution in [1.82, 2.24) is 4.90 Å². The summed E-state index contributed by atoms with van der Waals surface area (Å²) in [6, 6.07) is 0. The summed E-state index contributed by atoms with van der Waals surface area (Å²) in [7, 11) is 2.10. The van der Waals surface area contributed by atoms with Gasteiger partial charge in [-0.15, -0.1) is 11.8 Å². The number of nitrogens with zero attached hydrogens (tertiary/aromatic N) is 1. The van der Waals surface area contributed by atoms with Crippen LogP contribution in [0.1, 0.15) is 6.42 Å². The quantitative estimate of drug-likeness (QED) is 0.537. The Morgan fingerprint density at radius 3 is 3.18 bits per heavy atom. The molecule has 3 heteroatoms. The lowest BCUT2D eigenvalue weighted by atomic mass is 10.1. The van der Waals surface area contributed by atoms with E-state index in [-0.39, 0.29) is 0 Å². The fourth-order valence-corrected chi connectivity index (χ4v) is 2.71. The molecule has 0 saturated heterocycles. The van der Waals surface area contributed by atoms with Gasteiger partial charge in [-0.1, -0.05) is 0 Å². The molecular formula is C8H11NOS. The van der Waals surface area contributed by atoms with Gasteiger partial charge >= 0.3 is 0 Å². The third-order valence-electron chi connectivity index (χ3n) is 2.21. The van der Waals surface area contributed by atoms with Crippen molar-refractivity contribution in [2.45, 2.75) is 6.42 Å². The van der Waals surface area contributed by atoms with Crippen molar-refractivity contribution in [3.63, 3.8) is 0 Å². The molecule has 2 aliphatic rings. The van der Waals surface area contributed by atoms with Crippen LogP contribution < -0.4 is 0 Å². The second-order valence-electron chi connectivity index (χ2n) is 3.10. The first kappa shape index (κ1) is 7.37. The highest BCUT2D eigenvalue weighted by molar-refractivity contribution is 8.04. The van der Waals surface area contributed by atoms with E-state index in [0.717, 1.165) is 25.1 Å². The van der Waals surface area contributed by atoms with E-state index in [1.165, 1.54) is 4.91 Å². The fraction of sp³-hybridized carbons (Fsp3) is 0.625. The highest BCUT2D eigenvalue weighted by atomic mass is 32.2. The zero-order valence-corrected chi connectivity index (χ0v) is 7.41. The second-order valence-corrected chi connectivity index (χ2v) is 4.17. The minimum Gasteiger partial charge on any atom is -0.301 e. The van der Waals surface area contributed by atoms with Crippen molar-refractivity contribution in [2.75, 3.05) is 25.9 Å². The van der Waals surface area contributed by atoms with E-state index in [1.54, 1.807) is 11.8 Å². The average molecular weight is 169 g/mol. The van der Waals surface area contributed by atoms with Crippen LogP contribution in [0.2, 0.25) is 0 Å². The molecule has 2 heterocycles. The smallest absolute Gasteiger partial charge is 0.169 e. The topological polar surface area (TPSA) is 20.3 Å². The summed E-state index contributed by atoms with van der Waals surface area (Å²) in [5.41, 5.74) is 1.12. The lowest BCUT2D eigenvalue weighted by molar-refractivity contribution is -0.113. The summed E-state index contributed by atoms with van der Waals surface area (Å²) >= 11 is 1.73. The maximum absolute atomic E-state index is 11.2. The molecule has 0 unspecified atom stereocenters. The Balaban J connectivity index is 2.24. The highest BCUT2D eigenvalue weighted by Gasteiger charge is 2.27. The largest absolute Gasteiger partial charge is 0.301 e. The van der Waals surface area contributed by atoms with Gasteiger partial charge in [-0.05, 0) is 13.5 Å². The summed E-state index contributed by atoms with van der Waals surface area (Å²) in [6.07, 6.45) is 0.970. The first-order valence-corrected chi connectivity index (χ1v) is 4.82. The Kier molecular flexibility index (Phi) is 1.77. The third kappa shape index (κ3) is 1.23. The number of carbonyl (C=O) groups excluding carboxylic acids is 1. The number of hydrogen-bond donors (Lipinski definition) is 0. The van der Waals surface area contributed by atoms with Crippen molar-refractivity contribution in [1.29, 1.82) is 0 Å². The molecule has 0 bridgehead atoms. The van der Waals surface area contributed by atoms with Gasteiger partial charge < -0.3 is 4.90 Å². The Hall–Kier alpha value is -0.280. The Morgan fingerprint density at radius 1 is 1.55 bits per heavy atom. The molecule has 0 fully saturated rings. The molecule has 0 spiro atoms. The van der Waals surface area contributed by atoms with E-state index in [2.05, 4.69) is 11.9 Å². The number of thioether (sulfide) groups is 1. The first-order chi connectivity index (χ1) is 5.27. The van der Waals surface area contributed by atoms with Gasteiger partial charge in [-0.25, -0.2) is 0 Å². The van der Waals surface area contributed by atoms with E-state index < -0.39 is 0 Å². The summed E-state index contributed by atoms with van der Waals surface area (Å²) < 4.78 is 0. The number of ketones is 1. The molecule has 0 radical (unpaired) electrons. The van der Waals surface area contributed by atoms with Crippen LogP contribution in [0, 0.1) is 0 Å². The number of Topliss-reactive ketones (excluding diaryl/α,β-unsaturated/α-hetero) is 1. The maximum atomic E-state index is 11.2. The van der Waals surface area contributed by atoms with Gasteiger partial charge in [-0.2, -0.15) is 0 Å². The van der Waals surface area contributed by atoms with Gasteiger partial charge in [0, 0.05) is 23.6 Å². The molecule has 0 N–H and O–H groups in total. The summed E-state index contributed by atoms with van der Waals surface area (Å²) in [4.78, 5) is 14.8. The number of rotatable bonds is 0. The normalized spacial score (nSPS) is 26.1. The van der Waals surface area contributed by atoms with Crippen molar-refractivity contribution < 1.29 is 4.79 Å². The maximum Gasteiger partial charge on any atom is 0.169 e. The number of carbonyl (C=O) groups is 1. The second kappa shape index (κ2) is 2.64. The molecule has 0 aromatic heterocycles. The molecule has 60 valence electrons. The minimum absolute atomic E-state index is 0.373. The Labute approximate surface area is 70.6 Å². The first-order valence-electron chi connectivity index (χ1n) is 3.84. The molecule has 2 aliphatic heterocycles. The molecule has 2 nitrogen and oxygen atoms in total. The van der Waals surface area contributed by atoms with Crippen LogP contribution in [-0.4, -0.2) is 36.6 Å². The molecule has 0 aromatic rings. The number of likely N-dealkylation sites (N-methyl/N-ethyl adjacent to an activating group) is 1. The van der Waals surface area contributed by atoms with Crippen molar-refractivity contribution in [2.24, 2.45) is 0 Å². The van der Waals surface area contributed by atoms with Gasteiger partial charge in [0.05, 0.1) is 5.75 Å². The zero-order chi connectivity index (χ0) is 7.84. The minimum atomic E-state index is 0.373. The van der Waals surface area contributed by atoms with Crippen LogP contribution in [0.25, 0.3) is 0 Å². The monoisotopic (exact) mass is 169 g/mol. The highest BCUT2D eigenvalue weighted by Crippen LogP contribution is 2.33. The van der Waals surface area contributed by atoms with E-state index >= 15 is 0 Å². The predicted molar refractivity (Wildman–Crippen MR) is 46.6 cm³/mol. The predicted octanol–water partition coefficient (Wildman–Crippen LogP) is 0.892. The third-order valence-corrected chi connectivity index (χ3v) is 3.34. The van der Waals surface area contributed by atoms with Gasteiger partial charge in [-0.3, -0.25) is 4.79 Å². The van der Waals surface area contributed by atoms with Crippen LogP contribution in [0.3, 0.4) is 0 Å². The summed E-state index contributed by atoms with van der Waals surface area (Å²) in [5.74, 6) is 1.07. The van der Waals surface area contributed by atoms with Gasteiger partial charge in [0.25, 0.3) is 0 Å². The van der Waals surface area contributed by atoms with Gasteiger partial charge in [0.1, 0.15) is 0 Å². The summed E-state index contributed by atoms with van der Waals surface area (Å²) in [6.45, 7) is 2.04. The van der Waals surface area contributed by atoms with Crippen LogP contribution in [0.15, 0.2) is 10.5 Å². The molecule has 11 heavy (non-hydrogen) atoms. The van der Waals surface area contributed by atoms with E-state index in [0.29, 0.717) is 11.5 Å². The molecule has 0 atom stereocenters. The van der Waals surface area contributed by atoms with Crippen LogP contribution in [-0.2, 0) is 4.79 Å². The fourth-order valence-electron chi connectivity index (χ4n) is 1.53. The Morgan fingerprint density at radius 2 is 2.36 bits per heavy atom. The van der Waals surface area contributed by atoms with E-state index in [4.69, 9.17) is 0 Å². The van der Waals surface area contributed by atoms with E-state index in [1.807, 2.05) is 0 Å². The number of hydrogen-bond acceptors (Lipinski definition) is 3. The van der Waals surface area contributed by atoms with Crippen molar-refractivity contribution in [3.8, 4) is 0 Å². The SMILES string of the molecule is CN1CCC2=C(C1)SCC2=O. The Bertz CT molecular complexity index is 234.